The minimum Gasteiger partial charge on any atom is -0.481 e. The van der Waals surface area contributed by atoms with Crippen LogP contribution in [-0.4, -0.2) is 56.1 Å². The summed E-state index contributed by atoms with van der Waals surface area (Å²) in [6.45, 7) is 0.597. The monoisotopic (exact) mass is 393 g/mol. The van der Waals surface area contributed by atoms with Gasteiger partial charge in [-0.05, 0) is 18.2 Å². The van der Waals surface area contributed by atoms with E-state index in [0.717, 1.165) is 0 Å². The van der Waals surface area contributed by atoms with Gasteiger partial charge in [-0.25, -0.2) is 8.42 Å². The van der Waals surface area contributed by atoms with Crippen molar-refractivity contribution >= 4 is 21.7 Å². The van der Waals surface area contributed by atoms with Crippen molar-refractivity contribution in [2.45, 2.75) is 23.2 Å². The molecule has 0 radical (unpaired) electrons. The van der Waals surface area contributed by atoms with Crippen LogP contribution in [0.15, 0.2) is 52.0 Å². The first-order valence-corrected chi connectivity index (χ1v) is 9.99. The lowest BCUT2D eigenvalue weighted by atomic mass is 10.2. The van der Waals surface area contributed by atoms with Crippen LogP contribution in [0.3, 0.4) is 0 Å². The number of sulfone groups is 1. The quantitative estimate of drug-likeness (QED) is 0.792. The van der Waals surface area contributed by atoms with Gasteiger partial charge in [-0.15, -0.1) is 0 Å². The number of carbonyl (C=O) groups is 2. The van der Waals surface area contributed by atoms with Gasteiger partial charge in [-0.3, -0.25) is 9.59 Å². The fourth-order valence-corrected chi connectivity index (χ4v) is 4.29. The zero-order valence-electron chi connectivity index (χ0n) is 14.4. The van der Waals surface area contributed by atoms with Crippen LogP contribution in [0, 0.1) is 0 Å². The normalized spacial score (nSPS) is 17.6. The predicted molar refractivity (Wildman–Crippen MR) is 93.9 cm³/mol. The van der Waals surface area contributed by atoms with Crippen molar-refractivity contribution in [1.82, 2.24) is 4.90 Å². The van der Waals surface area contributed by atoms with Crippen molar-refractivity contribution in [2.24, 2.45) is 0 Å². The molecule has 1 aromatic carbocycles. The van der Waals surface area contributed by atoms with Crippen LogP contribution in [0.2, 0.25) is 0 Å². The molecule has 144 valence electrons. The highest BCUT2D eigenvalue weighted by Crippen LogP contribution is 2.22. The first-order chi connectivity index (χ1) is 12.9. The molecule has 0 saturated carbocycles. The van der Waals surface area contributed by atoms with Gasteiger partial charge in [0, 0.05) is 18.7 Å². The maximum absolute atomic E-state index is 12.8. The molecule has 9 heteroatoms. The number of aliphatic carboxylic acids is 1. The topological polar surface area (TPSA) is 114 Å². The average Bonchev–Trinajstić information content (AvgIpc) is 3.09. The summed E-state index contributed by atoms with van der Waals surface area (Å²) in [6.07, 6.45) is 0.460. The fourth-order valence-electron chi connectivity index (χ4n) is 2.92. The van der Waals surface area contributed by atoms with E-state index in [2.05, 4.69) is 0 Å². The Kier molecular flexibility index (Phi) is 5.62. The number of hydrogen-bond acceptors (Lipinski definition) is 6. The van der Waals surface area contributed by atoms with E-state index < -0.39 is 27.8 Å². The lowest BCUT2D eigenvalue weighted by Crippen LogP contribution is -2.46. The van der Waals surface area contributed by atoms with Crippen molar-refractivity contribution < 1.29 is 32.3 Å². The van der Waals surface area contributed by atoms with Crippen molar-refractivity contribution in [3.8, 4) is 0 Å². The predicted octanol–water partition coefficient (Wildman–Crippen LogP) is 1.57. The SMILES string of the molecule is O=C(O)CC1CN(C(=O)c2occc2CS(=O)(=O)c2ccccc2)CCO1. The number of ether oxygens (including phenoxy) is 1. The molecule has 2 heterocycles. The molecule has 1 aliphatic heterocycles. The second-order valence-corrected chi connectivity index (χ2v) is 8.18. The van der Waals surface area contributed by atoms with E-state index in [1.165, 1.54) is 29.4 Å². The lowest BCUT2D eigenvalue weighted by Gasteiger charge is -2.31. The summed E-state index contributed by atoms with van der Waals surface area (Å²) in [6, 6.07) is 9.43. The van der Waals surface area contributed by atoms with Crippen LogP contribution in [0.25, 0.3) is 0 Å². The Hall–Kier alpha value is -2.65. The van der Waals surface area contributed by atoms with Crippen molar-refractivity contribution in [2.75, 3.05) is 19.7 Å². The van der Waals surface area contributed by atoms with Gasteiger partial charge in [0.1, 0.15) is 0 Å². The number of carbonyl (C=O) groups excluding carboxylic acids is 1. The molecule has 1 aliphatic rings. The minimum absolute atomic E-state index is 0.0505. The van der Waals surface area contributed by atoms with Crippen LogP contribution >= 0.6 is 0 Å². The molecule has 27 heavy (non-hydrogen) atoms. The number of benzene rings is 1. The van der Waals surface area contributed by atoms with Crippen LogP contribution in [0.4, 0.5) is 0 Å². The van der Waals surface area contributed by atoms with E-state index in [-0.39, 0.29) is 48.1 Å². The van der Waals surface area contributed by atoms with E-state index >= 15 is 0 Å². The summed E-state index contributed by atoms with van der Waals surface area (Å²) >= 11 is 0. The Labute approximate surface area is 156 Å². The Bertz CT molecular complexity index is 920. The smallest absolute Gasteiger partial charge is 0.306 e. The number of morpholine rings is 1. The molecule has 0 bridgehead atoms. The molecule has 1 aromatic heterocycles. The third kappa shape index (κ3) is 4.55. The zero-order valence-corrected chi connectivity index (χ0v) is 15.2. The molecule has 1 unspecified atom stereocenters. The Morgan fingerprint density at radius 1 is 1.19 bits per heavy atom. The zero-order chi connectivity index (χ0) is 19.4. The first-order valence-electron chi connectivity index (χ1n) is 8.33. The number of carboxylic acid groups (broad SMARTS) is 1. The van der Waals surface area contributed by atoms with E-state index in [0.29, 0.717) is 0 Å². The standard InChI is InChI=1S/C18H19NO7S/c20-16(21)10-14-11-19(7-9-25-14)18(22)17-13(6-8-26-17)12-27(23,24)15-4-2-1-3-5-15/h1-6,8,14H,7,9-12H2,(H,20,21). The largest absolute Gasteiger partial charge is 0.481 e. The number of nitrogens with zero attached hydrogens (tertiary/aromatic N) is 1. The van der Waals surface area contributed by atoms with E-state index in [9.17, 15) is 18.0 Å². The molecule has 0 aliphatic carbocycles. The van der Waals surface area contributed by atoms with E-state index in [1.807, 2.05) is 0 Å². The molecule has 1 atom stereocenters. The second-order valence-electron chi connectivity index (χ2n) is 6.19. The summed E-state index contributed by atoms with van der Waals surface area (Å²) in [4.78, 5) is 25.2. The summed E-state index contributed by atoms with van der Waals surface area (Å²) in [5.74, 6) is -1.90. The Balaban J connectivity index is 1.76. The van der Waals surface area contributed by atoms with Gasteiger partial charge < -0.3 is 19.2 Å². The molecule has 1 N–H and O–H groups in total. The minimum atomic E-state index is -3.63. The van der Waals surface area contributed by atoms with Gasteiger partial charge in [0.2, 0.25) is 0 Å². The number of hydrogen-bond donors (Lipinski definition) is 1. The number of amides is 1. The molecular weight excluding hydrogens is 374 g/mol. The summed E-state index contributed by atoms with van der Waals surface area (Å²) in [7, 11) is -3.63. The van der Waals surface area contributed by atoms with Crippen molar-refractivity contribution in [3.63, 3.8) is 0 Å². The van der Waals surface area contributed by atoms with Crippen LogP contribution < -0.4 is 0 Å². The van der Waals surface area contributed by atoms with E-state index in [1.54, 1.807) is 18.2 Å². The number of carboxylic acids is 1. The van der Waals surface area contributed by atoms with Crippen molar-refractivity contribution in [3.05, 3.63) is 54.0 Å². The highest BCUT2D eigenvalue weighted by Gasteiger charge is 2.30. The van der Waals surface area contributed by atoms with Gasteiger partial charge in [0.05, 0.1) is 36.0 Å². The highest BCUT2D eigenvalue weighted by atomic mass is 32.2. The van der Waals surface area contributed by atoms with Crippen LogP contribution in [0.5, 0.6) is 0 Å². The maximum Gasteiger partial charge on any atom is 0.306 e. The van der Waals surface area contributed by atoms with Gasteiger partial charge in [0.15, 0.2) is 15.6 Å². The molecule has 1 saturated heterocycles. The summed E-state index contributed by atoms with van der Waals surface area (Å²) < 4.78 is 35.8. The molecule has 8 nitrogen and oxygen atoms in total. The van der Waals surface area contributed by atoms with E-state index in [4.69, 9.17) is 14.3 Å². The fraction of sp³-hybridized carbons (Fsp3) is 0.333. The van der Waals surface area contributed by atoms with Crippen LogP contribution in [0.1, 0.15) is 22.5 Å². The third-order valence-corrected chi connectivity index (χ3v) is 5.90. The second kappa shape index (κ2) is 7.93. The number of rotatable bonds is 6. The Morgan fingerprint density at radius 2 is 1.93 bits per heavy atom. The lowest BCUT2D eigenvalue weighted by molar-refractivity contribution is -0.141. The Morgan fingerprint density at radius 3 is 2.63 bits per heavy atom. The molecular formula is C18H19NO7S. The summed E-state index contributed by atoms with van der Waals surface area (Å²) in [5.41, 5.74) is 0.269. The number of furan rings is 1. The highest BCUT2D eigenvalue weighted by molar-refractivity contribution is 7.90. The van der Waals surface area contributed by atoms with Gasteiger partial charge >= 0.3 is 5.97 Å². The molecule has 2 aromatic rings. The van der Waals surface area contributed by atoms with Gasteiger partial charge in [0.25, 0.3) is 5.91 Å². The van der Waals surface area contributed by atoms with Crippen molar-refractivity contribution in [1.29, 1.82) is 0 Å². The third-order valence-electron chi connectivity index (χ3n) is 4.22. The maximum atomic E-state index is 12.8. The van der Waals surface area contributed by atoms with Gasteiger partial charge in [-0.1, -0.05) is 18.2 Å². The molecule has 1 fully saturated rings. The average molecular weight is 393 g/mol. The molecule has 0 spiro atoms. The van der Waals surface area contributed by atoms with Crippen LogP contribution in [-0.2, 0) is 25.1 Å². The molecule has 1 amide bonds. The van der Waals surface area contributed by atoms with Gasteiger partial charge in [-0.2, -0.15) is 0 Å². The molecule has 3 rings (SSSR count). The summed E-state index contributed by atoms with van der Waals surface area (Å²) in [5, 5.41) is 8.89. The first kappa shape index (κ1) is 19.1.